The van der Waals surface area contributed by atoms with E-state index < -0.39 is 41.1 Å². The number of nitrogens with one attached hydrogen (secondary N) is 2. The van der Waals surface area contributed by atoms with Crippen molar-refractivity contribution in [3.8, 4) is 11.5 Å². The number of rotatable bonds is 8. The predicted octanol–water partition coefficient (Wildman–Crippen LogP) is 5.13. The monoisotopic (exact) mass is 548 g/mol. The second kappa shape index (κ2) is 10.6. The molecule has 3 aromatic rings. The van der Waals surface area contributed by atoms with Crippen LogP contribution in [0.5, 0.6) is 11.5 Å². The summed E-state index contributed by atoms with van der Waals surface area (Å²) in [7, 11) is 0. The number of benzene rings is 1. The predicted molar refractivity (Wildman–Crippen MR) is 132 cm³/mol. The van der Waals surface area contributed by atoms with Crippen molar-refractivity contribution < 1.29 is 32.6 Å². The van der Waals surface area contributed by atoms with Crippen LogP contribution in [0.1, 0.15) is 66.0 Å². The molecule has 0 saturated heterocycles. The molecule has 12 heteroatoms. The third-order valence-corrected chi connectivity index (χ3v) is 6.28. The zero-order valence-corrected chi connectivity index (χ0v) is 21.1. The van der Waals surface area contributed by atoms with Gasteiger partial charge in [0.1, 0.15) is 17.0 Å². The summed E-state index contributed by atoms with van der Waals surface area (Å²) in [6.45, 7) is 3.06. The topological polar surface area (TPSA) is 113 Å². The molecule has 0 aliphatic heterocycles. The average Bonchev–Trinajstić information content (AvgIpc) is 3.64. The zero-order valence-electron chi connectivity index (χ0n) is 20.3. The maximum Gasteiger partial charge on any atom is 0.419 e. The van der Waals surface area contributed by atoms with Gasteiger partial charge in [0.2, 0.25) is 5.91 Å². The van der Waals surface area contributed by atoms with Crippen LogP contribution in [-0.2, 0) is 11.0 Å². The van der Waals surface area contributed by atoms with Gasteiger partial charge in [0.25, 0.3) is 5.91 Å². The van der Waals surface area contributed by atoms with Gasteiger partial charge in [-0.05, 0) is 62.6 Å². The minimum Gasteiger partial charge on any atom is -0.455 e. The molecule has 3 N–H and O–H groups in total. The first-order valence-corrected chi connectivity index (χ1v) is 12.0. The van der Waals surface area contributed by atoms with Gasteiger partial charge in [-0.25, -0.2) is 0 Å². The molecule has 2 atom stereocenters. The Bertz CT molecular complexity index is 1350. The van der Waals surface area contributed by atoms with Crippen molar-refractivity contribution in [1.29, 1.82) is 0 Å². The Labute approximate surface area is 221 Å². The van der Waals surface area contributed by atoms with Gasteiger partial charge in [-0.2, -0.15) is 13.2 Å². The number of nitrogens with zero attached hydrogens (tertiary/aromatic N) is 2. The lowest BCUT2D eigenvalue weighted by Crippen LogP contribution is -2.49. The number of halogens is 4. The van der Waals surface area contributed by atoms with Crippen LogP contribution in [0, 0.1) is 0 Å². The number of hydrogen-bond acceptors (Lipinski definition) is 6. The molecule has 8 nitrogen and oxygen atoms in total. The molecule has 2 amide bonds. The number of aliphatic hydroxyl groups excluding tert-OH is 1. The maximum atomic E-state index is 13.5. The van der Waals surface area contributed by atoms with Gasteiger partial charge in [-0.15, -0.1) is 0 Å². The lowest BCUT2D eigenvalue weighted by Gasteiger charge is -2.21. The molecule has 1 aliphatic carbocycles. The van der Waals surface area contributed by atoms with E-state index >= 15 is 0 Å². The summed E-state index contributed by atoms with van der Waals surface area (Å²) in [4.78, 5) is 33.5. The Morgan fingerprint density at radius 2 is 1.84 bits per heavy atom. The number of carbonyl (C=O) groups excluding carboxylic acids is 2. The standard InChI is InChI=1S/C26H24ClF3N4O4/c1-14(33-24(37)25(7-8-25)34-23(36)17-9-18(27)12-31-11-17)21-5-4-19(13-32-21)38-22-6-3-16(15(2)35)10-20(22)26(28,29)30/h3-6,9-15,35H,7-8H2,1-2H3,(H,33,37)(H,34,36)/t14-,15?/m1/s1. The smallest absolute Gasteiger partial charge is 0.419 e. The molecule has 2 aromatic heterocycles. The second-order valence-electron chi connectivity index (χ2n) is 9.07. The van der Waals surface area contributed by atoms with E-state index in [0.29, 0.717) is 23.6 Å². The van der Waals surface area contributed by atoms with E-state index in [-0.39, 0.29) is 22.8 Å². The minimum atomic E-state index is -4.69. The van der Waals surface area contributed by atoms with Gasteiger partial charge in [0, 0.05) is 12.4 Å². The Morgan fingerprint density at radius 3 is 2.42 bits per heavy atom. The fourth-order valence-electron chi connectivity index (χ4n) is 3.72. The molecule has 0 radical (unpaired) electrons. The molecule has 1 unspecified atom stereocenters. The molecular weight excluding hydrogens is 525 g/mol. The summed E-state index contributed by atoms with van der Waals surface area (Å²) in [5.74, 6) is -1.23. The van der Waals surface area contributed by atoms with E-state index in [2.05, 4.69) is 20.6 Å². The number of aromatic nitrogens is 2. The van der Waals surface area contributed by atoms with Gasteiger partial charge in [-0.1, -0.05) is 17.7 Å². The summed E-state index contributed by atoms with van der Waals surface area (Å²) in [6, 6.07) is 7.19. The Hall–Kier alpha value is -3.70. The first-order valence-electron chi connectivity index (χ1n) is 11.6. The Balaban J connectivity index is 1.41. The van der Waals surface area contributed by atoms with Crippen molar-refractivity contribution in [3.63, 3.8) is 0 Å². The van der Waals surface area contributed by atoms with Gasteiger partial charge in [-0.3, -0.25) is 19.6 Å². The number of amides is 2. The van der Waals surface area contributed by atoms with Crippen LogP contribution in [0.15, 0.2) is 55.0 Å². The fraction of sp³-hybridized carbons (Fsp3) is 0.308. The highest BCUT2D eigenvalue weighted by molar-refractivity contribution is 6.30. The van der Waals surface area contributed by atoms with Gasteiger partial charge in [0.15, 0.2) is 0 Å². The van der Waals surface area contributed by atoms with Crippen LogP contribution in [0.2, 0.25) is 5.02 Å². The van der Waals surface area contributed by atoms with Crippen LogP contribution in [-0.4, -0.2) is 32.4 Å². The zero-order chi connectivity index (χ0) is 27.7. The van der Waals surface area contributed by atoms with Crippen LogP contribution in [0.4, 0.5) is 13.2 Å². The Kier molecular flexibility index (Phi) is 7.61. The molecule has 1 fully saturated rings. The lowest BCUT2D eigenvalue weighted by molar-refractivity contribution is -0.138. The molecule has 1 aromatic carbocycles. The summed E-state index contributed by atoms with van der Waals surface area (Å²) < 4.78 is 46.0. The van der Waals surface area contributed by atoms with Crippen molar-refractivity contribution in [3.05, 3.63) is 82.4 Å². The van der Waals surface area contributed by atoms with Crippen molar-refractivity contribution in [2.45, 2.75) is 50.6 Å². The third-order valence-electron chi connectivity index (χ3n) is 6.07. The number of alkyl halides is 3. The van der Waals surface area contributed by atoms with Crippen LogP contribution in [0.25, 0.3) is 0 Å². The molecule has 1 aliphatic rings. The van der Waals surface area contributed by atoms with Crippen molar-refractivity contribution in [1.82, 2.24) is 20.6 Å². The highest BCUT2D eigenvalue weighted by Gasteiger charge is 2.51. The number of ether oxygens (including phenoxy) is 1. The summed E-state index contributed by atoms with van der Waals surface area (Å²) in [6.07, 6.45) is -0.844. The molecule has 38 heavy (non-hydrogen) atoms. The minimum absolute atomic E-state index is 0.0589. The normalized spacial score (nSPS) is 15.8. The quantitative estimate of drug-likeness (QED) is 0.359. The van der Waals surface area contributed by atoms with E-state index in [1.165, 1.54) is 49.8 Å². The van der Waals surface area contributed by atoms with E-state index in [0.717, 1.165) is 12.1 Å². The first kappa shape index (κ1) is 27.3. The van der Waals surface area contributed by atoms with E-state index in [1.807, 2.05) is 0 Å². The summed E-state index contributed by atoms with van der Waals surface area (Å²) in [5, 5.41) is 15.5. The Morgan fingerprint density at radius 1 is 1.11 bits per heavy atom. The van der Waals surface area contributed by atoms with Crippen molar-refractivity contribution >= 4 is 23.4 Å². The molecular formula is C26H24ClF3N4O4. The largest absolute Gasteiger partial charge is 0.455 e. The first-order chi connectivity index (χ1) is 17.9. The van der Waals surface area contributed by atoms with E-state index in [1.54, 1.807) is 6.92 Å². The van der Waals surface area contributed by atoms with Crippen molar-refractivity contribution in [2.75, 3.05) is 0 Å². The highest BCUT2D eigenvalue weighted by Crippen LogP contribution is 2.40. The molecule has 0 bridgehead atoms. The van der Waals surface area contributed by atoms with Gasteiger partial charge in [0.05, 0.1) is 40.2 Å². The van der Waals surface area contributed by atoms with Crippen molar-refractivity contribution in [2.24, 2.45) is 0 Å². The lowest BCUT2D eigenvalue weighted by atomic mass is 10.1. The molecule has 0 spiro atoms. The number of hydrogen-bond donors (Lipinski definition) is 3. The van der Waals surface area contributed by atoms with E-state index in [4.69, 9.17) is 16.3 Å². The summed E-state index contributed by atoms with van der Waals surface area (Å²) in [5.41, 5.74) is -1.30. The fourth-order valence-corrected chi connectivity index (χ4v) is 3.90. The number of aliphatic hydroxyl groups is 1. The number of carbonyl (C=O) groups is 2. The second-order valence-corrected chi connectivity index (χ2v) is 9.51. The molecule has 2 heterocycles. The molecule has 1 saturated carbocycles. The maximum absolute atomic E-state index is 13.5. The molecule has 4 rings (SSSR count). The van der Waals surface area contributed by atoms with Crippen LogP contribution in [0.3, 0.4) is 0 Å². The van der Waals surface area contributed by atoms with Gasteiger partial charge < -0.3 is 20.5 Å². The molecule has 200 valence electrons. The van der Waals surface area contributed by atoms with Crippen LogP contribution >= 0.6 is 11.6 Å². The SMILES string of the molecule is CC(O)c1ccc(Oc2ccc([C@@H](C)NC(=O)C3(NC(=O)c4cncc(Cl)c4)CC3)nc2)c(C(F)(F)F)c1. The highest BCUT2D eigenvalue weighted by atomic mass is 35.5. The third kappa shape index (κ3) is 6.22. The average molecular weight is 549 g/mol. The van der Waals surface area contributed by atoms with Gasteiger partial charge >= 0.3 is 6.18 Å². The van der Waals surface area contributed by atoms with E-state index in [9.17, 15) is 27.9 Å². The van der Waals surface area contributed by atoms with Crippen LogP contribution < -0.4 is 15.4 Å². The number of pyridine rings is 2. The summed E-state index contributed by atoms with van der Waals surface area (Å²) >= 11 is 5.88.